The number of benzene rings is 1. The fourth-order valence-electron chi connectivity index (χ4n) is 2.86. The molecule has 0 bridgehead atoms. The van der Waals surface area contributed by atoms with Crippen molar-refractivity contribution in [3.05, 3.63) is 18.2 Å². The van der Waals surface area contributed by atoms with E-state index in [-0.39, 0.29) is 18.4 Å². The van der Waals surface area contributed by atoms with E-state index in [4.69, 9.17) is 9.47 Å². The maximum Gasteiger partial charge on any atom is 0.243 e. The Hall–Kier alpha value is -2.28. The average molecular weight is 349 g/mol. The van der Waals surface area contributed by atoms with Crippen molar-refractivity contribution < 1.29 is 19.1 Å². The zero-order valence-electron chi connectivity index (χ0n) is 14.9. The van der Waals surface area contributed by atoms with Crippen LogP contribution in [0.5, 0.6) is 11.5 Å². The van der Waals surface area contributed by atoms with Crippen LogP contribution in [0.3, 0.4) is 0 Å². The lowest BCUT2D eigenvalue weighted by Crippen LogP contribution is -2.33. The third-order valence-electron chi connectivity index (χ3n) is 4.32. The van der Waals surface area contributed by atoms with Crippen molar-refractivity contribution in [3.63, 3.8) is 0 Å². The molecule has 0 saturated carbocycles. The standard InChI is InChI=1S/C18H27N3O4/c1-24-15-9-14(10-16(11-15)25-2)21-18(23)12-20-17(22)4-3-13-5-7-19-8-6-13/h9-11,13,19H,3-8,12H2,1-2H3,(H,20,22)(H,21,23). The Kier molecular flexibility index (Phi) is 7.53. The topological polar surface area (TPSA) is 88.7 Å². The van der Waals surface area contributed by atoms with Crippen molar-refractivity contribution in [2.45, 2.75) is 25.7 Å². The number of piperidine rings is 1. The van der Waals surface area contributed by atoms with Crippen molar-refractivity contribution in [2.75, 3.05) is 39.2 Å². The summed E-state index contributed by atoms with van der Waals surface area (Å²) in [5.74, 6) is 1.40. The van der Waals surface area contributed by atoms with Crippen LogP contribution in [0.1, 0.15) is 25.7 Å². The molecule has 1 heterocycles. The highest BCUT2D eigenvalue weighted by atomic mass is 16.5. The van der Waals surface area contributed by atoms with E-state index in [9.17, 15) is 9.59 Å². The van der Waals surface area contributed by atoms with Gasteiger partial charge in [0.2, 0.25) is 11.8 Å². The first-order valence-corrected chi connectivity index (χ1v) is 8.61. The van der Waals surface area contributed by atoms with Gasteiger partial charge < -0.3 is 25.4 Å². The molecule has 3 N–H and O–H groups in total. The van der Waals surface area contributed by atoms with Crippen LogP contribution in [-0.2, 0) is 9.59 Å². The van der Waals surface area contributed by atoms with Crippen LogP contribution in [0.2, 0.25) is 0 Å². The average Bonchev–Trinajstić information content (AvgIpc) is 2.65. The Morgan fingerprint density at radius 1 is 1.08 bits per heavy atom. The number of ether oxygens (including phenoxy) is 2. The van der Waals surface area contributed by atoms with Gasteiger partial charge in [-0.15, -0.1) is 0 Å². The molecular formula is C18H27N3O4. The molecule has 1 fully saturated rings. The Morgan fingerprint density at radius 2 is 1.72 bits per heavy atom. The molecule has 0 unspecified atom stereocenters. The number of methoxy groups -OCH3 is 2. The first kappa shape index (κ1) is 19.1. The van der Waals surface area contributed by atoms with Crippen LogP contribution >= 0.6 is 0 Å². The predicted octanol–water partition coefficient (Wildman–Crippen LogP) is 1.54. The van der Waals surface area contributed by atoms with E-state index in [0.717, 1.165) is 32.4 Å². The molecule has 25 heavy (non-hydrogen) atoms. The summed E-state index contributed by atoms with van der Waals surface area (Å²) in [6.45, 7) is 2.00. The second-order valence-electron chi connectivity index (χ2n) is 6.16. The van der Waals surface area contributed by atoms with Gasteiger partial charge in [-0.3, -0.25) is 9.59 Å². The molecule has 7 heteroatoms. The molecule has 138 valence electrons. The van der Waals surface area contributed by atoms with E-state index in [1.165, 1.54) is 0 Å². The van der Waals surface area contributed by atoms with Gasteiger partial charge in [0, 0.05) is 30.3 Å². The summed E-state index contributed by atoms with van der Waals surface area (Å²) in [6.07, 6.45) is 3.57. The maximum atomic E-state index is 12.0. The molecule has 0 atom stereocenters. The van der Waals surface area contributed by atoms with Crippen LogP contribution in [0.25, 0.3) is 0 Å². The summed E-state index contributed by atoms with van der Waals surface area (Å²) >= 11 is 0. The quantitative estimate of drug-likeness (QED) is 0.662. The van der Waals surface area contributed by atoms with Crippen molar-refractivity contribution >= 4 is 17.5 Å². The molecule has 1 aromatic carbocycles. The van der Waals surface area contributed by atoms with Gasteiger partial charge >= 0.3 is 0 Å². The predicted molar refractivity (Wildman–Crippen MR) is 96.0 cm³/mol. The zero-order valence-corrected chi connectivity index (χ0v) is 14.9. The second-order valence-corrected chi connectivity index (χ2v) is 6.16. The number of amides is 2. The number of carbonyl (C=O) groups excluding carboxylic acids is 2. The minimum Gasteiger partial charge on any atom is -0.497 e. The number of rotatable bonds is 8. The lowest BCUT2D eigenvalue weighted by atomic mass is 9.93. The highest BCUT2D eigenvalue weighted by Gasteiger charge is 2.15. The summed E-state index contributed by atoms with van der Waals surface area (Å²) < 4.78 is 10.3. The first-order chi connectivity index (χ1) is 12.1. The summed E-state index contributed by atoms with van der Waals surface area (Å²) in [7, 11) is 3.09. The summed E-state index contributed by atoms with van der Waals surface area (Å²) in [5.41, 5.74) is 0.560. The highest BCUT2D eigenvalue weighted by Crippen LogP contribution is 2.25. The Balaban J connectivity index is 1.73. The molecule has 0 spiro atoms. The second kappa shape index (κ2) is 9.88. The van der Waals surface area contributed by atoms with Crippen molar-refractivity contribution in [1.82, 2.24) is 10.6 Å². The van der Waals surface area contributed by atoms with E-state index in [0.29, 0.717) is 29.5 Å². The smallest absolute Gasteiger partial charge is 0.243 e. The van der Waals surface area contributed by atoms with E-state index >= 15 is 0 Å². The fraction of sp³-hybridized carbons (Fsp3) is 0.556. The molecule has 1 saturated heterocycles. The lowest BCUT2D eigenvalue weighted by molar-refractivity contribution is -0.124. The monoisotopic (exact) mass is 349 g/mol. The zero-order chi connectivity index (χ0) is 18.1. The SMILES string of the molecule is COc1cc(NC(=O)CNC(=O)CCC2CCNCC2)cc(OC)c1. The highest BCUT2D eigenvalue weighted by molar-refractivity contribution is 5.94. The third kappa shape index (κ3) is 6.62. The fourth-order valence-corrected chi connectivity index (χ4v) is 2.86. The minimum absolute atomic E-state index is 0.0510. The molecule has 7 nitrogen and oxygen atoms in total. The number of hydrogen-bond donors (Lipinski definition) is 3. The lowest BCUT2D eigenvalue weighted by Gasteiger charge is -2.22. The molecule has 1 aliphatic rings. The van der Waals surface area contributed by atoms with Gasteiger partial charge in [-0.05, 0) is 38.3 Å². The molecule has 2 amide bonds. The van der Waals surface area contributed by atoms with Crippen molar-refractivity contribution in [1.29, 1.82) is 0 Å². The van der Waals surface area contributed by atoms with Gasteiger partial charge in [0.25, 0.3) is 0 Å². The van der Waals surface area contributed by atoms with Crippen LogP contribution in [0, 0.1) is 5.92 Å². The number of carbonyl (C=O) groups is 2. The summed E-state index contributed by atoms with van der Waals surface area (Å²) in [4.78, 5) is 23.9. The van der Waals surface area contributed by atoms with Gasteiger partial charge in [0.05, 0.1) is 20.8 Å². The Labute approximate surface area is 148 Å². The summed E-state index contributed by atoms with van der Waals surface area (Å²) in [5, 5.41) is 8.71. The van der Waals surface area contributed by atoms with Crippen LogP contribution in [-0.4, -0.2) is 45.7 Å². The van der Waals surface area contributed by atoms with Gasteiger partial charge in [-0.1, -0.05) is 0 Å². The molecule has 0 radical (unpaired) electrons. The van der Waals surface area contributed by atoms with E-state index in [1.807, 2.05) is 0 Å². The molecule has 0 aromatic heterocycles. The Bertz CT molecular complexity index is 563. The largest absolute Gasteiger partial charge is 0.497 e. The van der Waals surface area contributed by atoms with E-state index in [2.05, 4.69) is 16.0 Å². The molecule has 0 aliphatic carbocycles. The van der Waals surface area contributed by atoms with Crippen molar-refractivity contribution in [3.8, 4) is 11.5 Å². The third-order valence-corrected chi connectivity index (χ3v) is 4.32. The van der Waals surface area contributed by atoms with Crippen LogP contribution < -0.4 is 25.4 Å². The maximum absolute atomic E-state index is 12.0. The first-order valence-electron chi connectivity index (χ1n) is 8.61. The number of hydrogen-bond acceptors (Lipinski definition) is 5. The Morgan fingerprint density at radius 3 is 2.32 bits per heavy atom. The van der Waals surface area contributed by atoms with E-state index in [1.54, 1.807) is 32.4 Å². The normalized spacial score (nSPS) is 14.6. The van der Waals surface area contributed by atoms with Gasteiger partial charge in [-0.25, -0.2) is 0 Å². The number of nitrogens with one attached hydrogen (secondary N) is 3. The van der Waals surface area contributed by atoms with Gasteiger partial charge in [-0.2, -0.15) is 0 Å². The van der Waals surface area contributed by atoms with Gasteiger partial charge in [0.15, 0.2) is 0 Å². The molecule has 2 rings (SSSR count). The molecular weight excluding hydrogens is 322 g/mol. The number of anilines is 1. The van der Waals surface area contributed by atoms with Gasteiger partial charge in [0.1, 0.15) is 11.5 Å². The van der Waals surface area contributed by atoms with Crippen molar-refractivity contribution in [2.24, 2.45) is 5.92 Å². The van der Waals surface area contributed by atoms with Crippen LogP contribution in [0.15, 0.2) is 18.2 Å². The molecule has 1 aliphatic heterocycles. The van der Waals surface area contributed by atoms with E-state index < -0.39 is 0 Å². The minimum atomic E-state index is -0.287. The summed E-state index contributed by atoms with van der Waals surface area (Å²) in [6, 6.07) is 5.11. The molecule has 1 aromatic rings. The van der Waals surface area contributed by atoms with Crippen LogP contribution in [0.4, 0.5) is 5.69 Å².